The van der Waals surface area contributed by atoms with Gasteiger partial charge in [0, 0.05) is 17.7 Å². The van der Waals surface area contributed by atoms with Crippen LogP contribution in [0.1, 0.15) is 35.2 Å². The molecule has 2 heterocycles. The number of anilines is 1. The number of sulfone groups is 1. The van der Waals surface area contributed by atoms with Crippen molar-refractivity contribution in [1.29, 1.82) is 0 Å². The molecule has 2 aromatic carbocycles. The lowest BCUT2D eigenvalue weighted by molar-refractivity contribution is -0.130. The number of amides is 2. The number of alkyl halides is 3. The Labute approximate surface area is 258 Å². The van der Waals surface area contributed by atoms with E-state index >= 15 is 4.39 Å². The molecular weight excluding hydrogens is 638 g/mol. The van der Waals surface area contributed by atoms with Crippen molar-refractivity contribution >= 4 is 54.7 Å². The summed E-state index contributed by atoms with van der Waals surface area (Å²) in [4.78, 5) is 32.6. The minimum absolute atomic E-state index is 0.00497. The Bertz CT molecular complexity index is 1940. The van der Waals surface area contributed by atoms with Gasteiger partial charge in [-0.05, 0) is 43.5 Å². The molecule has 1 aliphatic carbocycles. The number of carbonyl (C=O) groups is 2. The molecule has 0 saturated heterocycles. The van der Waals surface area contributed by atoms with Crippen molar-refractivity contribution in [3.8, 4) is 16.8 Å². The van der Waals surface area contributed by atoms with Gasteiger partial charge in [0.1, 0.15) is 16.6 Å². The van der Waals surface area contributed by atoms with Crippen molar-refractivity contribution in [2.45, 2.75) is 43.7 Å². The molecule has 1 aliphatic rings. The quantitative estimate of drug-likeness (QED) is 0.166. The van der Waals surface area contributed by atoms with E-state index in [1.54, 1.807) is 31.2 Å². The molecule has 236 valence electrons. The molecule has 0 bridgehead atoms. The summed E-state index contributed by atoms with van der Waals surface area (Å²) < 4.78 is 81.9. The first-order valence-corrected chi connectivity index (χ1v) is 16.0. The van der Waals surface area contributed by atoms with Crippen LogP contribution in [0.3, 0.4) is 0 Å². The predicted octanol–water partition coefficient (Wildman–Crippen LogP) is 4.53. The molecule has 0 radical (unpaired) electrons. The molecule has 5 rings (SSSR count). The van der Waals surface area contributed by atoms with Gasteiger partial charge in [0.25, 0.3) is 0 Å². The summed E-state index contributed by atoms with van der Waals surface area (Å²) >= 11 is 0.717. The van der Waals surface area contributed by atoms with Crippen LogP contribution in [0.15, 0.2) is 36.4 Å². The largest absolute Gasteiger partial charge is 0.392 e. The molecule has 1 atom stereocenters. The zero-order valence-corrected chi connectivity index (χ0v) is 25.1. The maximum absolute atomic E-state index is 15.3. The topological polar surface area (TPSA) is 153 Å². The highest BCUT2D eigenvalue weighted by molar-refractivity contribution is 7.92. The van der Waals surface area contributed by atoms with Crippen molar-refractivity contribution in [1.82, 2.24) is 25.4 Å². The number of fused-ring (bicyclic) bond motifs is 1. The Kier molecular flexibility index (Phi) is 8.55. The highest BCUT2D eigenvalue weighted by Gasteiger charge is 2.40. The van der Waals surface area contributed by atoms with Crippen molar-refractivity contribution in [2.24, 2.45) is 0 Å². The Morgan fingerprint density at radius 2 is 1.91 bits per heavy atom. The van der Waals surface area contributed by atoms with E-state index in [1.807, 2.05) is 0 Å². The molecule has 0 spiro atoms. The third-order valence-electron chi connectivity index (χ3n) is 6.95. The van der Waals surface area contributed by atoms with Crippen LogP contribution in [-0.2, 0) is 19.4 Å². The number of aryl methyl sites for hydroxylation is 1. The summed E-state index contributed by atoms with van der Waals surface area (Å²) in [5.74, 6) is -3.76. The summed E-state index contributed by atoms with van der Waals surface area (Å²) in [6, 6.07) is 8.79. The molecule has 2 aromatic heterocycles. The number of halogens is 4. The van der Waals surface area contributed by atoms with Crippen LogP contribution >= 0.6 is 11.3 Å². The molecule has 1 unspecified atom stereocenters. The zero-order valence-electron chi connectivity index (χ0n) is 23.5. The third kappa shape index (κ3) is 7.07. The Hall–Kier alpha value is -4.56. The van der Waals surface area contributed by atoms with Crippen molar-refractivity contribution in [3.63, 3.8) is 0 Å². The highest BCUT2D eigenvalue weighted by Crippen LogP contribution is 2.37. The van der Waals surface area contributed by atoms with Gasteiger partial charge >= 0.3 is 6.18 Å². The number of aromatic nitrogens is 3. The Balaban J connectivity index is 1.46. The summed E-state index contributed by atoms with van der Waals surface area (Å²) in [7, 11) is -4.77. The van der Waals surface area contributed by atoms with Crippen LogP contribution in [0.5, 0.6) is 0 Å². The minimum Gasteiger partial charge on any atom is -0.392 e. The standard InChI is InChI=1S/C28H25F4N7O4S2/c1-14-23(34-2)25(33)39(38-14)17-7-3-15(4-8-17)18-11-21-20(12-19(18)29)37-27(44-21)24(45(42,43)10-9-28(30,31)32)26(41)35-13-22(40)36-16-5-6-16/h3-4,7-8,11-12,16,24H,5-6,9-10,13,33H2,1H3,(H,35,41)(H,36,40). The smallest absolute Gasteiger partial charge is 0.390 e. The van der Waals surface area contributed by atoms with Gasteiger partial charge < -0.3 is 16.4 Å². The van der Waals surface area contributed by atoms with Gasteiger partial charge in [-0.15, -0.1) is 11.3 Å². The average Bonchev–Trinajstić information content (AvgIpc) is 3.62. The molecule has 1 fully saturated rings. The van der Waals surface area contributed by atoms with Gasteiger partial charge in [-0.25, -0.2) is 27.3 Å². The highest BCUT2D eigenvalue weighted by atomic mass is 32.2. The number of nitrogens with two attached hydrogens (primary N) is 1. The van der Waals surface area contributed by atoms with Gasteiger partial charge in [-0.1, -0.05) is 12.1 Å². The summed E-state index contributed by atoms with van der Waals surface area (Å²) in [6.07, 6.45) is -4.96. The summed E-state index contributed by atoms with van der Waals surface area (Å²) in [6.45, 7) is 8.32. The van der Waals surface area contributed by atoms with Crippen LogP contribution in [0, 0.1) is 19.3 Å². The minimum atomic E-state index is -4.80. The molecule has 11 nitrogen and oxygen atoms in total. The second-order valence-electron chi connectivity index (χ2n) is 10.4. The molecule has 1 saturated carbocycles. The van der Waals surface area contributed by atoms with Crippen LogP contribution in [-0.4, -0.2) is 59.5 Å². The summed E-state index contributed by atoms with van der Waals surface area (Å²) in [5.41, 5.74) is 7.71. The second kappa shape index (κ2) is 12.1. The molecule has 2 amide bonds. The zero-order chi connectivity index (χ0) is 32.7. The first-order valence-electron chi connectivity index (χ1n) is 13.5. The maximum atomic E-state index is 15.3. The van der Waals surface area contributed by atoms with Gasteiger partial charge in [-0.2, -0.15) is 18.3 Å². The van der Waals surface area contributed by atoms with Crippen LogP contribution in [0.4, 0.5) is 29.1 Å². The van der Waals surface area contributed by atoms with E-state index in [0.717, 1.165) is 18.9 Å². The average molecular weight is 664 g/mol. The van der Waals surface area contributed by atoms with Crippen LogP contribution < -0.4 is 16.4 Å². The number of benzene rings is 2. The number of thiazole rings is 1. The number of hydrogen-bond donors (Lipinski definition) is 3. The summed E-state index contributed by atoms with van der Waals surface area (Å²) in [5, 5.41) is 6.55. The Morgan fingerprint density at radius 1 is 1.22 bits per heavy atom. The van der Waals surface area contributed by atoms with Gasteiger partial charge in [-0.3, -0.25) is 9.59 Å². The number of carbonyl (C=O) groups excluding carboxylic acids is 2. The van der Waals surface area contributed by atoms with E-state index in [0.29, 0.717) is 28.3 Å². The first kappa shape index (κ1) is 31.9. The predicted molar refractivity (Wildman–Crippen MR) is 159 cm³/mol. The third-order valence-corrected chi connectivity index (χ3v) is 10.1. The van der Waals surface area contributed by atoms with Crippen molar-refractivity contribution < 1.29 is 35.6 Å². The van der Waals surface area contributed by atoms with E-state index in [2.05, 4.69) is 25.6 Å². The van der Waals surface area contributed by atoms with Crippen molar-refractivity contribution in [3.05, 3.63) is 64.3 Å². The van der Waals surface area contributed by atoms with E-state index in [4.69, 9.17) is 12.3 Å². The molecule has 0 aliphatic heterocycles. The van der Waals surface area contributed by atoms with Crippen LogP contribution in [0.2, 0.25) is 0 Å². The Morgan fingerprint density at radius 3 is 2.51 bits per heavy atom. The van der Waals surface area contributed by atoms with Crippen molar-refractivity contribution in [2.75, 3.05) is 18.0 Å². The molecular formula is C28H25F4N7O4S2. The maximum Gasteiger partial charge on any atom is 0.390 e. The normalized spacial score (nSPS) is 14.2. The lowest BCUT2D eigenvalue weighted by Gasteiger charge is -2.16. The fraction of sp³-hybridized carbons (Fsp3) is 0.321. The van der Waals surface area contributed by atoms with E-state index in [1.165, 1.54) is 10.7 Å². The lowest BCUT2D eigenvalue weighted by atomic mass is 10.0. The second-order valence-corrected chi connectivity index (χ2v) is 13.7. The van der Waals surface area contributed by atoms with Gasteiger partial charge in [0.05, 0.1) is 46.9 Å². The first-order chi connectivity index (χ1) is 21.2. The van der Waals surface area contributed by atoms with Crippen LogP contribution in [0.25, 0.3) is 31.9 Å². The number of nitrogens with zero attached hydrogens (tertiary/aromatic N) is 4. The van der Waals surface area contributed by atoms with Gasteiger partial charge in [0.2, 0.25) is 17.5 Å². The fourth-order valence-corrected chi connectivity index (χ4v) is 7.60. The molecule has 45 heavy (non-hydrogen) atoms. The fourth-order valence-electron chi connectivity index (χ4n) is 4.52. The number of nitrogens with one attached hydrogen (secondary N) is 2. The molecule has 17 heteroatoms. The lowest BCUT2D eigenvalue weighted by Crippen LogP contribution is -2.41. The number of nitrogen functional groups attached to an aromatic ring is 1. The monoisotopic (exact) mass is 663 g/mol. The molecule has 4 N–H and O–H groups in total. The number of rotatable bonds is 10. The number of hydrogen-bond acceptors (Lipinski definition) is 8. The van der Waals surface area contributed by atoms with Gasteiger partial charge in [0.15, 0.2) is 15.1 Å². The SMILES string of the molecule is [C-]#[N+]c1c(C)nn(-c2ccc(-c3cc4sc(C(C(=O)NCC(=O)NC5CC5)S(=O)(=O)CCC(F)(F)F)nc4cc3F)cc2)c1N. The molecule has 4 aromatic rings. The van der Waals surface area contributed by atoms with E-state index in [9.17, 15) is 31.2 Å². The van der Waals surface area contributed by atoms with E-state index < -0.39 is 57.6 Å². The van der Waals surface area contributed by atoms with E-state index in [-0.39, 0.29) is 38.3 Å².